The van der Waals surface area contributed by atoms with Gasteiger partial charge in [0.1, 0.15) is 0 Å². The van der Waals surface area contributed by atoms with E-state index >= 15 is 0 Å². The van der Waals surface area contributed by atoms with Gasteiger partial charge in [-0.25, -0.2) is 0 Å². The van der Waals surface area contributed by atoms with E-state index in [4.69, 9.17) is 23.2 Å². The summed E-state index contributed by atoms with van der Waals surface area (Å²) in [5.74, 6) is 0.701. The summed E-state index contributed by atoms with van der Waals surface area (Å²) in [5.41, 5.74) is 1.06. The summed E-state index contributed by atoms with van der Waals surface area (Å²) >= 11 is 12.5. The van der Waals surface area contributed by atoms with Crippen molar-refractivity contribution in [2.24, 2.45) is 5.92 Å². The van der Waals surface area contributed by atoms with Crippen LogP contribution in [0.5, 0.6) is 0 Å². The van der Waals surface area contributed by atoms with E-state index in [2.05, 4.69) is 30.1 Å². The predicted molar refractivity (Wildman–Crippen MR) is 84.5 cm³/mol. The molecule has 1 aromatic rings. The highest BCUT2D eigenvalue weighted by molar-refractivity contribution is 6.43. The van der Waals surface area contributed by atoms with Gasteiger partial charge in [0, 0.05) is 19.1 Å². The summed E-state index contributed by atoms with van der Waals surface area (Å²) in [7, 11) is 0. The zero-order valence-corrected chi connectivity index (χ0v) is 13.1. The Morgan fingerprint density at radius 1 is 1.37 bits per heavy atom. The topological polar surface area (TPSA) is 15.3 Å². The molecular formula is C15H22Cl2N2. The fourth-order valence-corrected chi connectivity index (χ4v) is 3.10. The van der Waals surface area contributed by atoms with Crippen LogP contribution in [0, 0.1) is 5.92 Å². The van der Waals surface area contributed by atoms with Gasteiger partial charge in [0.05, 0.1) is 15.7 Å². The molecule has 1 aliphatic rings. The van der Waals surface area contributed by atoms with Gasteiger partial charge in [-0.05, 0) is 37.4 Å². The number of rotatable bonds is 3. The van der Waals surface area contributed by atoms with Crippen molar-refractivity contribution in [3.8, 4) is 0 Å². The highest BCUT2D eigenvalue weighted by Gasteiger charge is 2.20. The average molecular weight is 301 g/mol. The van der Waals surface area contributed by atoms with E-state index in [0.29, 0.717) is 22.0 Å². The fraction of sp³-hybridized carbons (Fsp3) is 0.600. The summed E-state index contributed by atoms with van der Waals surface area (Å²) in [5, 5.41) is 4.94. The van der Waals surface area contributed by atoms with Gasteiger partial charge in [-0.2, -0.15) is 0 Å². The lowest BCUT2D eigenvalue weighted by Gasteiger charge is -2.28. The third-order valence-corrected chi connectivity index (χ3v) is 4.32. The van der Waals surface area contributed by atoms with Crippen molar-refractivity contribution in [3.05, 3.63) is 28.2 Å². The van der Waals surface area contributed by atoms with Gasteiger partial charge in [-0.3, -0.25) is 0 Å². The van der Waals surface area contributed by atoms with E-state index in [-0.39, 0.29) is 0 Å². The first-order valence-corrected chi connectivity index (χ1v) is 7.76. The van der Waals surface area contributed by atoms with Gasteiger partial charge < -0.3 is 10.2 Å². The first kappa shape index (κ1) is 15.0. The van der Waals surface area contributed by atoms with Crippen molar-refractivity contribution in [1.82, 2.24) is 5.32 Å². The monoisotopic (exact) mass is 300 g/mol. The molecule has 0 radical (unpaired) electrons. The number of nitrogens with zero attached hydrogens (tertiary/aromatic N) is 1. The van der Waals surface area contributed by atoms with Crippen molar-refractivity contribution >= 4 is 28.9 Å². The Kier molecular flexibility index (Phi) is 5.37. The Balaban J connectivity index is 2.15. The molecule has 1 N–H and O–H groups in total. The van der Waals surface area contributed by atoms with Crippen molar-refractivity contribution in [2.75, 3.05) is 24.5 Å². The maximum Gasteiger partial charge on any atom is 0.0825 e. The molecule has 1 atom stereocenters. The van der Waals surface area contributed by atoms with Crippen molar-refractivity contribution < 1.29 is 0 Å². The van der Waals surface area contributed by atoms with Crippen molar-refractivity contribution in [2.45, 2.75) is 32.7 Å². The Bertz CT molecular complexity index is 421. The molecule has 1 unspecified atom stereocenters. The molecule has 2 rings (SSSR count). The molecular weight excluding hydrogens is 279 g/mol. The fourth-order valence-electron chi connectivity index (χ4n) is 2.68. The molecule has 2 nitrogen and oxygen atoms in total. The molecule has 19 heavy (non-hydrogen) atoms. The van der Waals surface area contributed by atoms with Crippen LogP contribution < -0.4 is 10.2 Å². The van der Waals surface area contributed by atoms with E-state index in [0.717, 1.165) is 31.7 Å². The molecule has 4 heteroatoms. The average Bonchev–Trinajstić information content (AvgIpc) is 2.57. The number of nitrogens with one attached hydrogen (secondary N) is 1. The number of hydrogen-bond acceptors (Lipinski definition) is 2. The van der Waals surface area contributed by atoms with Gasteiger partial charge in [0.2, 0.25) is 0 Å². The summed E-state index contributed by atoms with van der Waals surface area (Å²) < 4.78 is 0. The molecule has 0 bridgehead atoms. The molecule has 1 fully saturated rings. The van der Waals surface area contributed by atoms with Crippen molar-refractivity contribution in [3.63, 3.8) is 0 Å². The SMILES string of the molecule is CC(C)CC1CN(c2cccc(Cl)c2Cl)CCCN1. The van der Waals surface area contributed by atoms with Crippen LogP contribution in [0.15, 0.2) is 18.2 Å². The maximum absolute atomic E-state index is 6.34. The molecule has 0 saturated carbocycles. The van der Waals surface area contributed by atoms with Gasteiger partial charge >= 0.3 is 0 Å². The molecule has 1 saturated heterocycles. The van der Waals surface area contributed by atoms with Crippen molar-refractivity contribution in [1.29, 1.82) is 0 Å². The second-order valence-corrected chi connectivity index (χ2v) is 6.44. The summed E-state index contributed by atoms with van der Waals surface area (Å²) in [6.45, 7) is 7.64. The van der Waals surface area contributed by atoms with Crippen LogP contribution >= 0.6 is 23.2 Å². The third-order valence-electron chi connectivity index (χ3n) is 3.51. The molecule has 0 spiro atoms. The van der Waals surface area contributed by atoms with E-state index < -0.39 is 0 Å². The zero-order valence-electron chi connectivity index (χ0n) is 11.6. The lowest BCUT2D eigenvalue weighted by Crippen LogP contribution is -2.38. The lowest BCUT2D eigenvalue weighted by molar-refractivity contribution is 0.436. The van der Waals surface area contributed by atoms with Gasteiger partial charge in [-0.15, -0.1) is 0 Å². The highest BCUT2D eigenvalue weighted by Crippen LogP contribution is 2.33. The molecule has 1 aliphatic heterocycles. The second-order valence-electron chi connectivity index (χ2n) is 5.65. The van der Waals surface area contributed by atoms with Crippen LogP contribution in [0.1, 0.15) is 26.7 Å². The summed E-state index contributed by atoms with van der Waals surface area (Å²) in [6.07, 6.45) is 2.33. The minimum absolute atomic E-state index is 0.526. The number of halogens is 2. The molecule has 106 valence electrons. The Morgan fingerprint density at radius 2 is 2.16 bits per heavy atom. The van der Waals surface area contributed by atoms with E-state index in [1.165, 1.54) is 6.42 Å². The molecule has 0 aromatic heterocycles. The minimum atomic E-state index is 0.526. The van der Waals surface area contributed by atoms with Crippen LogP contribution in [0.25, 0.3) is 0 Å². The van der Waals surface area contributed by atoms with Crippen LogP contribution in [0.3, 0.4) is 0 Å². The first-order chi connectivity index (χ1) is 9.08. The minimum Gasteiger partial charge on any atom is -0.369 e. The molecule has 1 aromatic carbocycles. The molecule has 0 amide bonds. The Morgan fingerprint density at radius 3 is 2.89 bits per heavy atom. The number of hydrogen-bond donors (Lipinski definition) is 1. The lowest BCUT2D eigenvalue weighted by atomic mass is 10.0. The van der Waals surface area contributed by atoms with Gasteiger partial charge in [0.15, 0.2) is 0 Å². The molecule has 0 aliphatic carbocycles. The summed E-state index contributed by atoms with van der Waals surface area (Å²) in [4.78, 5) is 2.36. The highest BCUT2D eigenvalue weighted by atomic mass is 35.5. The molecule has 1 heterocycles. The van der Waals surface area contributed by atoms with Gasteiger partial charge in [-0.1, -0.05) is 43.1 Å². The zero-order chi connectivity index (χ0) is 13.8. The van der Waals surface area contributed by atoms with Crippen LogP contribution in [-0.2, 0) is 0 Å². The maximum atomic E-state index is 6.34. The standard InChI is InChI=1S/C15H22Cl2N2/c1-11(2)9-12-10-19(8-4-7-18-12)14-6-3-5-13(16)15(14)17/h3,5-6,11-12,18H,4,7-10H2,1-2H3. The van der Waals surface area contributed by atoms with E-state index in [1.807, 2.05) is 12.1 Å². The van der Waals surface area contributed by atoms with Gasteiger partial charge in [0.25, 0.3) is 0 Å². The number of anilines is 1. The quantitative estimate of drug-likeness (QED) is 0.899. The largest absolute Gasteiger partial charge is 0.369 e. The third kappa shape index (κ3) is 4.01. The van der Waals surface area contributed by atoms with Crippen LogP contribution in [0.4, 0.5) is 5.69 Å². The summed E-state index contributed by atoms with van der Waals surface area (Å²) in [6, 6.07) is 6.40. The van der Waals surface area contributed by atoms with E-state index in [9.17, 15) is 0 Å². The second kappa shape index (κ2) is 6.83. The normalized spacial score (nSPS) is 20.7. The smallest absolute Gasteiger partial charge is 0.0825 e. The van der Waals surface area contributed by atoms with E-state index in [1.54, 1.807) is 0 Å². The van der Waals surface area contributed by atoms with Crippen LogP contribution in [-0.4, -0.2) is 25.7 Å². The van der Waals surface area contributed by atoms with Crippen LogP contribution in [0.2, 0.25) is 10.0 Å². The Labute approximate surface area is 126 Å². The first-order valence-electron chi connectivity index (χ1n) is 7.00. The predicted octanol–water partition coefficient (Wildman–Crippen LogP) is 4.21. The number of benzene rings is 1. The Hall–Kier alpha value is -0.440.